The summed E-state index contributed by atoms with van der Waals surface area (Å²) in [5, 5.41) is 3.38. The first-order chi connectivity index (χ1) is 8.25. The number of carbonyl (C=O) groups is 1. The van der Waals surface area contributed by atoms with E-state index in [0.717, 1.165) is 38.4 Å². The maximum absolute atomic E-state index is 12.1. The number of nitrogens with zero attached hydrogens (tertiary/aromatic N) is 1. The molecule has 1 heterocycles. The molecule has 0 radical (unpaired) electrons. The van der Waals surface area contributed by atoms with Crippen LogP contribution in [0.2, 0.25) is 0 Å². The van der Waals surface area contributed by atoms with E-state index >= 15 is 0 Å². The lowest BCUT2D eigenvalue weighted by atomic mass is 9.86. The zero-order valence-electron chi connectivity index (χ0n) is 11.5. The Morgan fingerprint density at radius 2 is 2.00 bits per heavy atom. The molecule has 1 saturated carbocycles. The predicted octanol–water partition coefficient (Wildman–Crippen LogP) is 2.59. The maximum Gasteiger partial charge on any atom is 0.222 e. The second kappa shape index (κ2) is 8.00. The van der Waals surface area contributed by atoms with Crippen LogP contribution in [0.15, 0.2) is 0 Å². The first-order valence-corrected chi connectivity index (χ1v) is 7.27. The van der Waals surface area contributed by atoms with Crippen LogP contribution in [0.25, 0.3) is 0 Å². The SMILES string of the molecule is CC1CN(C(=O)CCC2CCCCC2)CCN1.Cl. The van der Waals surface area contributed by atoms with Gasteiger partial charge in [0, 0.05) is 32.1 Å². The van der Waals surface area contributed by atoms with Crippen LogP contribution in [0.1, 0.15) is 51.9 Å². The number of halogens is 1. The minimum Gasteiger partial charge on any atom is -0.340 e. The Balaban J connectivity index is 0.00000162. The molecule has 0 bridgehead atoms. The van der Waals surface area contributed by atoms with Crippen molar-refractivity contribution in [3.05, 3.63) is 0 Å². The average Bonchev–Trinajstić information content (AvgIpc) is 2.37. The van der Waals surface area contributed by atoms with Crippen LogP contribution in [0.4, 0.5) is 0 Å². The monoisotopic (exact) mass is 274 g/mol. The topological polar surface area (TPSA) is 32.3 Å². The average molecular weight is 275 g/mol. The lowest BCUT2D eigenvalue weighted by Crippen LogP contribution is -2.51. The number of nitrogens with one attached hydrogen (secondary N) is 1. The molecule has 0 spiro atoms. The molecule has 1 unspecified atom stereocenters. The van der Waals surface area contributed by atoms with Crippen LogP contribution in [0.3, 0.4) is 0 Å². The highest BCUT2D eigenvalue weighted by atomic mass is 35.5. The largest absolute Gasteiger partial charge is 0.340 e. The fraction of sp³-hybridized carbons (Fsp3) is 0.929. The van der Waals surface area contributed by atoms with Gasteiger partial charge >= 0.3 is 0 Å². The van der Waals surface area contributed by atoms with Crippen LogP contribution in [-0.4, -0.2) is 36.5 Å². The third kappa shape index (κ3) is 4.77. The summed E-state index contributed by atoms with van der Waals surface area (Å²) in [7, 11) is 0. The van der Waals surface area contributed by atoms with Gasteiger partial charge in [-0.15, -0.1) is 12.4 Å². The summed E-state index contributed by atoms with van der Waals surface area (Å²) in [6, 6.07) is 0.461. The Kier molecular flexibility index (Phi) is 7.02. The Morgan fingerprint density at radius 3 is 2.67 bits per heavy atom. The molecule has 1 N–H and O–H groups in total. The molecule has 18 heavy (non-hydrogen) atoms. The fourth-order valence-corrected chi connectivity index (χ4v) is 3.12. The van der Waals surface area contributed by atoms with Gasteiger partial charge in [0.05, 0.1) is 0 Å². The highest BCUT2D eigenvalue weighted by Crippen LogP contribution is 2.27. The van der Waals surface area contributed by atoms with Gasteiger partial charge in [0.25, 0.3) is 0 Å². The Bertz CT molecular complexity index is 254. The molecule has 1 atom stereocenters. The van der Waals surface area contributed by atoms with Gasteiger partial charge in [-0.05, 0) is 19.3 Å². The second-order valence-corrected chi connectivity index (χ2v) is 5.74. The Labute approximate surface area is 117 Å². The van der Waals surface area contributed by atoms with Gasteiger partial charge in [-0.3, -0.25) is 4.79 Å². The number of rotatable bonds is 3. The third-order valence-corrected chi connectivity index (χ3v) is 4.21. The van der Waals surface area contributed by atoms with Crippen molar-refractivity contribution in [2.24, 2.45) is 5.92 Å². The summed E-state index contributed by atoms with van der Waals surface area (Å²) in [4.78, 5) is 14.1. The van der Waals surface area contributed by atoms with E-state index in [0.29, 0.717) is 11.9 Å². The highest BCUT2D eigenvalue weighted by Gasteiger charge is 2.21. The molecular formula is C14H27ClN2O. The zero-order valence-corrected chi connectivity index (χ0v) is 12.3. The van der Waals surface area contributed by atoms with Gasteiger partial charge in [0.15, 0.2) is 0 Å². The van der Waals surface area contributed by atoms with Gasteiger partial charge in [-0.25, -0.2) is 0 Å². The fourth-order valence-electron chi connectivity index (χ4n) is 3.12. The summed E-state index contributed by atoms with van der Waals surface area (Å²) in [5.41, 5.74) is 0. The van der Waals surface area contributed by atoms with Crippen molar-refractivity contribution >= 4 is 18.3 Å². The highest BCUT2D eigenvalue weighted by molar-refractivity contribution is 5.85. The Hall–Kier alpha value is -0.280. The third-order valence-electron chi connectivity index (χ3n) is 4.21. The first kappa shape index (κ1) is 15.8. The van der Waals surface area contributed by atoms with Crippen molar-refractivity contribution in [2.45, 2.75) is 57.9 Å². The number of amides is 1. The molecule has 0 aromatic rings. The van der Waals surface area contributed by atoms with Crippen molar-refractivity contribution in [3.63, 3.8) is 0 Å². The Morgan fingerprint density at radius 1 is 1.28 bits per heavy atom. The lowest BCUT2D eigenvalue weighted by molar-refractivity contribution is -0.132. The summed E-state index contributed by atoms with van der Waals surface area (Å²) < 4.78 is 0. The van der Waals surface area contributed by atoms with Crippen molar-refractivity contribution in [2.75, 3.05) is 19.6 Å². The summed E-state index contributed by atoms with van der Waals surface area (Å²) in [6.45, 7) is 4.90. The van der Waals surface area contributed by atoms with E-state index in [1.54, 1.807) is 0 Å². The van der Waals surface area contributed by atoms with Crippen LogP contribution < -0.4 is 5.32 Å². The summed E-state index contributed by atoms with van der Waals surface area (Å²) >= 11 is 0. The van der Waals surface area contributed by atoms with E-state index < -0.39 is 0 Å². The van der Waals surface area contributed by atoms with Gasteiger partial charge in [-0.2, -0.15) is 0 Å². The van der Waals surface area contributed by atoms with Gasteiger partial charge in [0.1, 0.15) is 0 Å². The van der Waals surface area contributed by atoms with Crippen LogP contribution >= 0.6 is 12.4 Å². The minimum atomic E-state index is 0. The quantitative estimate of drug-likeness (QED) is 0.858. The van der Waals surface area contributed by atoms with E-state index in [1.165, 1.54) is 32.1 Å². The number of piperazine rings is 1. The number of carbonyl (C=O) groups excluding carboxylic acids is 1. The van der Waals surface area contributed by atoms with E-state index in [4.69, 9.17) is 0 Å². The molecule has 3 nitrogen and oxygen atoms in total. The molecule has 2 aliphatic rings. The first-order valence-electron chi connectivity index (χ1n) is 7.27. The summed E-state index contributed by atoms with van der Waals surface area (Å²) in [5.74, 6) is 1.21. The van der Waals surface area contributed by atoms with Gasteiger partial charge in [0.2, 0.25) is 5.91 Å². The zero-order chi connectivity index (χ0) is 12.1. The van der Waals surface area contributed by atoms with Gasteiger partial charge in [-0.1, -0.05) is 32.1 Å². The standard InChI is InChI=1S/C14H26N2O.ClH/c1-12-11-16(10-9-15-12)14(17)8-7-13-5-3-2-4-6-13;/h12-13,15H,2-11H2,1H3;1H. The van der Waals surface area contributed by atoms with Crippen molar-refractivity contribution in [1.82, 2.24) is 10.2 Å². The predicted molar refractivity (Wildman–Crippen MR) is 77.1 cm³/mol. The van der Waals surface area contributed by atoms with Crippen LogP contribution in [0, 0.1) is 5.92 Å². The molecule has 4 heteroatoms. The summed E-state index contributed by atoms with van der Waals surface area (Å²) in [6.07, 6.45) is 8.76. The second-order valence-electron chi connectivity index (χ2n) is 5.74. The molecule has 1 aliphatic heterocycles. The molecule has 1 amide bonds. The minimum absolute atomic E-state index is 0. The van der Waals surface area contributed by atoms with Crippen LogP contribution in [0.5, 0.6) is 0 Å². The number of hydrogen-bond donors (Lipinski definition) is 1. The maximum atomic E-state index is 12.1. The molecule has 1 aliphatic carbocycles. The van der Waals surface area contributed by atoms with E-state index in [1.807, 2.05) is 4.90 Å². The van der Waals surface area contributed by atoms with Crippen molar-refractivity contribution in [1.29, 1.82) is 0 Å². The molecule has 2 fully saturated rings. The molecule has 1 saturated heterocycles. The van der Waals surface area contributed by atoms with E-state index in [9.17, 15) is 4.79 Å². The molecule has 2 rings (SSSR count). The van der Waals surface area contributed by atoms with E-state index in [-0.39, 0.29) is 12.4 Å². The van der Waals surface area contributed by atoms with Gasteiger partial charge < -0.3 is 10.2 Å². The lowest BCUT2D eigenvalue weighted by Gasteiger charge is -2.32. The molecule has 0 aromatic carbocycles. The van der Waals surface area contributed by atoms with Crippen molar-refractivity contribution < 1.29 is 4.79 Å². The normalized spacial score (nSPS) is 25.6. The molecule has 106 valence electrons. The smallest absolute Gasteiger partial charge is 0.222 e. The van der Waals surface area contributed by atoms with Crippen molar-refractivity contribution in [3.8, 4) is 0 Å². The molecule has 0 aromatic heterocycles. The van der Waals surface area contributed by atoms with Crippen LogP contribution in [-0.2, 0) is 4.79 Å². The number of hydrogen-bond acceptors (Lipinski definition) is 2. The van der Waals surface area contributed by atoms with E-state index in [2.05, 4.69) is 12.2 Å². The molecular weight excluding hydrogens is 248 g/mol.